The molecule has 0 aromatic rings. The second-order valence-corrected chi connectivity index (χ2v) is 22.5. The molecule has 0 aromatic heterocycles. The van der Waals surface area contributed by atoms with Gasteiger partial charge in [-0.3, -0.25) is 19.2 Å². The number of aliphatic hydroxyl groups is 3. The molecule has 3 N–H and O–H groups in total. The van der Waals surface area contributed by atoms with Crippen LogP contribution in [0.1, 0.15) is 145 Å². The molecule has 15 atom stereocenters. The highest BCUT2D eigenvalue weighted by Crippen LogP contribution is 2.38. The standard InChI is InChI=1S/C60H97NO16/c1-12-16-38(3)32-42(7)54(64)56(71-11)55(65)43(8)33-40(5)49(63)37-52(41(6)34-45-20-22-50(74-29-26-62)53(35-45)70-10)76-59(68)48-18-14-15-25-61(48)58(67)57(66)60(69)44(9)19-21-47(77-60)36-51(39(4)17-13-2)75-31-30-73-46-23-27-72-28-24-46/h12-13,16-17,33,38,40-42,44-48,50-53,55-56,62,65,69H,2,14-15,18-32,34-37H2,1,3-11H3/b16-12+,39-17+,43-33+/t38-,40-,41-,42-,44-,45+,47+,48+,50-,51?,52+,53-,55-,56+,60-/m1/s1. The topological polar surface area (TPSA) is 223 Å². The maximum Gasteiger partial charge on any atom is 0.329 e. The predicted molar refractivity (Wildman–Crippen MR) is 291 cm³/mol. The Labute approximate surface area is 459 Å². The lowest BCUT2D eigenvalue weighted by molar-refractivity contribution is -0.266. The fourth-order valence-electron chi connectivity index (χ4n) is 11.6. The van der Waals surface area contributed by atoms with Crippen LogP contribution in [0.4, 0.5) is 0 Å². The minimum Gasteiger partial charge on any atom is -0.460 e. The van der Waals surface area contributed by atoms with E-state index >= 15 is 0 Å². The summed E-state index contributed by atoms with van der Waals surface area (Å²) in [6.45, 7) is 20.6. The molecular formula is C60H97NO16. The summed E-state index contributed by atoms with van der Waals surface area (Å²) in [5.41, 5.74) is 1.26. The van der Waals surface area contributed by atoms with Gasteiger partial charge in [-0.05, 0) is 127 Å². The van der Waals surface area contributed by atoms with E-state index in [1.54, 1.807) is 40.0 Å². The number of piperidine rings is 1. The molecule has 0 spiro atoms. The van der Waals surface area contributed by atoms with Crippen LogP contribution in [-0.4, -0.2) is 171 Å². The van der Waals surface area contributed by atoms with Gasteiger partial charge in [0, 0.05) is 64.6 Å². The number of methoxy groups -OCH3 is 2. The number of likely N-dealkylation sites (tertiary alicyclic amines) is 1. The Hall–Kier alpha value is -3.49. The zero-order valence-electron chi connectivity index (χ0n) is 48.2. The third kappa shape index (κ3) is 19.6. The van der Waals surface area contributed by atoms with E-state index in [0.717, 1.165) is 24.8 Å². The molecule has 77 heavy (non-hydrogen) atoms. The molecule has 4 rings (SSSR count). The first-order valence-corrected chi connectivity index (χ1v) is 28.6. The van der Waals surface area contributed by atoms with Crippen LogP contribution in [0.2, 0.25) is 0 Å². The summed E-state index contributed by atoms with van der Waals surface area (Å²) in [5, 5.41) is 33.0. The summed E-state index contributed by atoms with van der Waals surface area (Å²) in [7, 11) is 3.01. The van der Waals surface area contributed by atoms with Crippen LogP contribution in [0.3, 0.4) is 0 Å². The molecule has 1 amide bonds. The summed E-state index contributed by atoms with van der Waals surface area (Å²) >= 11 is 0. The molecule has 17 heteroatoms. The van der Waals surface area contributed by atoms with Crippen LogP contribution in [0.15, 0.2) is 48.1 Å². The molecule has 1 saturated carbocycles. The fourth-order valence-corrected chi connectivity index (χ4v) is 11.6. The zero-order valence-corrected chi connectivity index (χ0v) is 48.2. The SMILES string of the molecule is C=C/C=C(\C)C(C[C@@H]1CC[C@@H](C)[C@](O)(C(=O)C(=O)N2CCCC[C@H]2C(=O)O[C@@H](CC(=O)[C@H](C)/C=C(\C)[C@@H](O)[C@@H](OC)C(=O)[C@H](C)C[C@H](C)/C=C/C)[C@H](C)C[C@@H]2CC[C@@H](OCCO)[C@H](OC)C2)O1)OCCOC1CCOCC1. The van der Waals surface area contributed by atoms with Gasteiger partial charge in [-0.1, -0.05) is 71.6 Å². The number of carbonyl (C=O) groups is 5. The molecule has 0 bridgehead atoms. The average molecular weight is 1090 g/mol. The van der Waals surface area contributed by atoms with Crippen molar-refractivity contribution in [2.75, 3.05) is 60.4 Å². The first kappa shape index (κ1) is 66.0. The van der Waals surface area contributed by atoms with E-state index in [0.29, 0.717) is 89.8 Å². The zero-order chi connectivity index (χ0) is 56.8. The monoisotopic (exact) mass is 1090 g/mol. The van der Waals surface area contributed by atoms with E-state index in [9.17, 15) is 39.3 Å². The number of aliphatic hydroxyl groups excluding tert-OH is 2. The number of ketones is 3. The van der Waals surface area contributed by atoms with E-state index in [4.69, 9.17) is 37.9 Å². The lowest BCUT2D eigenvalue weighted by Crippen LogP contribution is -2.61. The van der Waals surface area contributed by atoms with Crippen molar-refractivity contribution in [2.24, 2.45) is 35.5 Å². The van der Waals surface area contributed by atoms with Crippen molar-refractivity contribution in [3.8, 4) is 0 Å². The second kappa shape index (κ2) is 33.3. The molecule has 17 nitrogen and oxygen atoms in total. The van der Waals surface area contributed by atoms with Gasteiger partial charge in [-0.2, -0.15) is 0 Å². The van der Waals surface area contributed by atoms with Crippen LogP contribution >= 0.6 is 0 Å². The van der Waals surface area contributed by atoms with Crippen LogP contribution in [0.25, 0.3) is 0 Å². The van der Waals surface area contributed by atoms with Gasteiger partial charge in [0.15, 0.2) is 5.78 Å². The van der Waals surface area contributed by atoms with Gasteiger partial charge < -0.3 is 58.1 Å². The van der Waals surface area contributed by atoms with Crippen molar-refractivity contribution in [1.29, 1.82) is 0 Å². The number of ether oxygens (including phenoxy) is 8. The largest absolute Gasteiger partial charge is 0.460 e. The molecule has 0 radical (unpaired) electrons. The Bertz CT molecular complexity index is 1960. The predicted octanol–water partition coefficient (Wildman–Crippen LogP) is 7.40. The van der Waals surface area contributed by atoms with Gasteiger partial charge in [0.25, 0.3) is 11.7 Å². The van der Waals surface area contributed by atoms with Gasteiger partial charge in [-0.25, -0.2) is 4.79 Å². The molecule has 3 aliphatic heterocycles. The number of Topliss-reactive ketones (excluding diaryl/α,β-unsaturated/α-hetero) is 3. The third-order valence-corrected chi connectivity index (χ3v) is 16.4. The molecule has 4 fully saturated rings. The van der Waals surface area contributed by atoms with Crippen LogP contribution in [0.5, 0.6) is 0 Å². The van der Waals surface area contributed by atoms with Gasteiger partial charge in [0.05, 0.1) is 56.9 Å². The summed E-state index contributed by atoms with van der Waals surface area (Å²) in [5.74, 6) is -7.92. The van der Waals surface area contributed by atoms with Crippen molar-refractivity contribution >= 4 is 29.2 Å². The normalized spacial score (nSPS) is 28.2. The molecule has 4 aliphatic rings. The Morgan fingerprint density at radius 2 is 1.61 bits per heavy atom. The molecule has 0 aromatic carbocycles. The maximum atomic E-state index is 14.6. The minimum atomic E-state index is -2.47. The molecule has 1 unspecified atom stereocenters. The highest BCUT2D eigenvalue weighted by atomic mass is 16.6. The van der Waals surface area contributed by atoms with Crippen LogP contribution in [0, 0.1) is 35.5 Å². The van der Waals surface area contributed by atoms with E-state index in [1.807, 2.05) is 52.8 Å². The second-order valence-electron chi connectivity index (χ2n) is 22.5. The number of rotatable bonds is 32. The van der Waals surface area contributed by atoms with E-state index in [-0.39, 0.29) is 80.2 Å². The van der Waals surface area contributed by atoms with Crippen LogP contribution < -0.4 is 0 Å². The van der Waals surface area contributed by atoms with E-state index in [2.05, 4.69) is 6.58 Å². The lowest BCUT2D eigenvalue weighted by atomic mass is 9.78. The number of carbonyl (C=O) groups excluding carboxylic acids is 5. The first-order valence-electron chi connectivity index (χ1n) is 28.6. The maximum absolute atomic E-state index is 14.6. The van der Waals surface area contributed by atoms with E-state index in [1.165, 1.54) is 12.0 Å². The number of hydrogen-bond donors (Lipinski definition) is 3. The number of esters is 1. The smallest absolute Gasteiger partial charge is 0.329 e. The quantitative estimate of drug-likeness (QED) is 0.0196. The van der Waals surface area contributed by atoms with E-state index < -0.39 is 77.8 Å². The summed E-state index contributed by atoms with van der Waals surface area (Å²) < 4.78 is 47.6. The van der Waals surface area contributed by atoms with Gasteiger partial charge >= 0.3 is 5.97 Å². The Morgan fingerprint density at radius 3 is 2.27 bits per heavy atom. The fraction of sp³-hybridized carbons (Fsp3) is 0.783. The van der Waals surface area contributed by atoms with Crippen molar-refractivity contribution in [3.63, 3.8) is 0 Å². The van der Waals surface area contributed by atoms with Gasteiger partial charge in [0.2, 0.25) is 5.79 Å². The highest BCUT2D eigenvalue weighted by molar-refractivity contribution is 6.39. The number of nitrogens with zero attached hydrogens (tertiary/aromatic N) is 1. The third-order valence-electron chi connectivity index (χ3n) is 16.4. The van der Waals surface area contributed by atoms with Crippen LogP contribution in [-0.2, 0) is 61.9 Å². The lowest BCUT2D eigenvalue weighted by Gasteiger charge is -2.43. The number of allylic oxidation sites excluding steroid dienone is 5. The number of amides is 1. The van der Waals surface area contributed by atoms with Crippen molar-refractivity contribution in [2.45, 2.75) is 206 Å². The average Bonchev–Trinajstić information content (AvgIpc) is 3.43. The number of hydrogen-bond acceptors (Lipinski definition) is 16. The molecule has 3 saturated heterocycles. The summed E-state index contributed by atoms with van der Waals surface area (Å²) in [6.07, 6.45) is 11.5. The van der Waals surface area contributed by atoms with Gasteiger partial charge in [0.1, 0.15) is 30.1 Å². The van der Waals surface area contributed by atoms with Crippen molar-refractivity contribution < 1.29 is 77.2 Å². The molecular weight excluding hydrogens is 991 g/mol. The minimum absolute atomic E-state index is 0.0663. The highest BCUT2D eigenvalue weighted by Gasteiger charge is 2.53. The molecule has 438 valence electrons. The Morgan fingerprint density at radius 1 is 0.883 bits per heavy atom. The summed E-state index contributed by atoms with van der Waals surface area (Å²) in [4.78, 5) is 72.6. The molecule has 1 aliphatic carbocycles. The molecule has 3 heterocycles. The van der Waals surface area contributed by atoms with Crippen molar-refractivity contribution in [3.05, 3.63) is 48.1 Å². The van der Waals surface area contributed by atoms with Gasteiger partial charge in [-0.15, -0.1) is 0 Å². The Balaban J connectivity index is 1.53. The Kier molecular flexibility index (Phi) is 28.6. The first-order chi connectivity index (χ1) is 36.7. The van der Waals surface area contributed by atoms with Crippen molar-refractivity contribution in [1.82, 2.24) is 4.90 Å². The summed E-state index contributed by atoms with van der Waals surface area (Å²) in [6, 6.07) is -1.17.